The van der Waals surface area contributed by atoms with Crippen molar-refractivity contribution >= 4 is 17.4 Å². The van der Waals surface area contributed by atoms with Gasteiger partial charge in [-0.2, -0.15) is 0 Å². The van der Waals surface area contributed by atoms with Gasteiger partial charge in [0.1, 0.15) is 28.3 Å². The highest BCUT2D eigenvalue weighted by Crippen LogP contribution is 2.35. The van der Waals surface area contributed by atoms with Crippen LogP contribution < -0.4 is 4.74 Å². The molecule has 0 saturated heterocycles. The Morgan fingerprint density at radius 1 is 0.938 bits per heavy atom. The van der Waals surface area contributed by atoms with Gasteiger partial charge in [0.15, 0.2) is 0 Å². The zero-order valence-corrected chi connectivity index (χ0v) is 20.3. The van der Waals surface area contributed by atoms with Crippen LogP contribution in [0.1, 0.15) is 71.9 Å². The van der Waals surface area contributed by atoms with Crippen molar-refractivity contribution in [2.45, 2.75) is 84.8 Å². The van der Waals surface area contributed by atoms with Crippen molar-refractivity contribution in [3.05, 3.63) is 53.6 Å². The number of unbranched alkanes of at least 4 members (excludes halogenated alkanes) is 2. The fourth-order valence-electron chi connectivity index (χ4n) is 3.80. The van der Waals surface area contributed by atoms with Crippen LogP contribution in [0.2, 0.25) is 0 Å². The molecule has 172 valence electrons. The molecule has 0 aliphatic carbocycles. The number of hydrogen-bond acceptors (Lipinski definition) is 4. The van der Waals surface area contributed by atoms with Crippen LogP contribution in [0.25, 0.3) is 22.3 Å². The molecular weight excluding hydrogens is 400 g/mol. The third-order valence-electron chi connectivity index (χ3n) is 6.54. The van der Waals surface area contributed by atoms with Crippen molar-refractivity contribution in [1.82, 2.24) is 0 Å². The van der Waals surface area contributed by atoms with Gasteiger partial charge in [0.05, 0.1) is 0 Å². The fraction of sp³-hybridized carbons (Fsp3) is 0.464. The van der Waals surface area contributed by atoms with Gasteiger partial charge in [-0.3, -0.25) is 4.79 Å². The van der Waals surface area contributed by atoms with Crippen LogP contribution in [0.3, 0.4) is 0 Å². The summed E-state index contributed by atoms with van der Waals surface area (Å²) in [5, 5.41) is 1.03. The summed E-state index contributed by atoms with van der Waals surface area (Å²) in [4.78, 5) is 10.9. The molecule has 0 fully saturated rings. The van der Waals surface area contributed by atoms with E-state index < -0.39 is 11.2 Å². The Kier molecular flexibility index (Phi) is 7.33. The highest BCUT2D eigenvalue weighted by molar-refractivity contribution is 5.84. The zero-order chi connectivity index (χ0) is 23.4. The molecule has 0 radical (unpaired) electrons. The van der Waals surface area contributed by atoms with Crippen molar-refractivity contribution in [2.75, 3.05) is 0 Å². The number of benzene rings is 2. The summed E-state index contributed by atoms with van der Waals surface area (Å²) in [6.07, 6.45) is 5.83. The minimum absolute atomic E-state index is 0.466. The van der Waals surface area contributed by atoms with Crippen molar-refractivity contribution in [3.8, 4) is 17.1 Å². The maximum Gasteiger partial charge on any atom is 0.293 e. The largest absolute Gasteiger partial charge is 0.484 e. The Hall–Kier alpha value is -2.75. The van der Waals surface area contributed by atoms with E-state index in [1.807, 2.05) is 45.9 Å². The van der Waals surface area contributed by atoms with Crippen molar-refractivity contribution < 1.29 is 18.7 Å². The van der Waals surface area contributed by atoms with E-state index in [0.29, 0.717) is 12.2 Å². The maximum atomic E-state index is 10.9. The van der Waals surface area contributed by atoms with Crippen LogP contribution in [0, 0.1) is 0 Å². The van der Waals surface area contributed by atoms with Crippen LogP contribution in [-0.2, 0) is 22.4 Å². The first-order valence-electron chi connectivity index (χ1n) is 11.7. The van der Waals surface area contributed by atoms with Gasteiger partial charge >= 0.3 is 0 Å². The molecule has 32 heavy (non-hydrogen) atoms. The number of hydrogen-bond donors (Lipinski definition) is 0. The average molecular weight is 437 g/mol. The van der Waals surface area contributed by atoms with E-state index in [-0.39, 0.29) is 0 Å². The first-order chi connectivity index (χ1) is 15.2. The predicted molar refractivity (Wildman–Crippen MR) is 130 cm³/mol. The van der Waals surface area contributed by atoms with E-state index in [4.69, 9.17) is 13.9 Å². The zero-order valence-electron chi connectivity index (χ0n) is 20.3. The summed E-state index contributed by atoms with van der Waals surface area (Å²) in [6.45, 7) is 12.4. The summed E-state index contributed by atoms with van der Waals surface area (Å²) >= 11 is 0. The van der Waals surface area contributed by atoms with E-state index in [9.17, 15) is 4.79 Å². The molecule has 1 heterocycles. The lowest BCUT2D eigenvalue weighted by Gasteiger charge is -2.39. The maximum absolute atomic E-state index is 10.9. The van der Waals surface area contributed by atoms with E-state index in [1.165, 1.54) is 30.4 Å². The topological polar surface area (TPSA) is 48.7 Å². The van der Waals surface area contributed by atoms with Crippen LogP contribution in [0.15, 0.2) is 46.9 Å². The molecule has 0 bridgehead atoms. The summed E-state index contributed by atoms with van der Waals surface area (Å²) < 4.78 is 17.7. The molecule has 3 aromatic rings. The summed E-state index contributed by atoms with van der Waals surface area (Å²) in [5.41, 5.74) is 3.12. The Bertz CT molecular complexity index is 1060. The van der Waals surface area contributed by atoms with E-state index in [1.54, 1.807) is 0 Å². The summed E-state index contributed by atoms with van der Waals surface area (Å²) in [5.74, 6) is 1.55. The van der Waals surface area contributed by atoms with E-state index in [0.717, 1.165) is 35.1 Å². The predicted octanol–water partition coefficient (Wildman–Crippen LogP) is 7.50. The standard InChI is InChI=1S/C28H36O4/c1-7-9-10-11-20-12-15-24(21(8-2)16-20)26-17-22-13-14-23(18-25(22)31-26)32-28(5,6)27(3,4)30-19-29/h12-19H,7-11H2,1-6H3. The molecule has 4 nitrogen and oxygen atoms in total. The molecule has 0 aliphatic rings. The van der Waals surface area contributed by atoms with Crippen LogP contribution in [-0.4, -0.2) is 17.7 Å². The van der Waals surface area contributed by atoms with Gasteiger partial charge in [-0.15, -0.1) is 0 Å². The average Bonchev–Trinajstić information content (AvgIpc) is 3.16. The van der Waals surface area contributed by atoms with E-state index >= 15 is 0 Å². The van der Waals surface area contributed by atoms with Gasteiger partial charge < -0.3 is 13.9 Å². The second-order valence-electron chi connectivity index (χ2n) is 9.45. The van der Waals surface area contributed by atoms with Gasteiger partial charge in [0, 0.05) is 17.0 Å². The van der Waals surface area contributed by atoms with E-state index in [2.05, 4.69) is 38.1 Å². The second-order valence-corrected chi connectivity index (χ2v) is 9.45. The number of ether oxygens (including phenoxy) is 2. The molecule has 4 heteroatoms. The van der Waals surface area contributed by atoms with Gasteiger partial charge in [-0.25, -0.2) is 0 Å². The Balaban J connectivity index is 1.87. The number of rotatable bonds is 11. The van der Waals surface area contributed by atoms with Crippen LogP contribution >= 0.6 is 0 Å². The SMILES string of the molecule is CCCCCc1ccc(-c2cc3ccc(OC(C)(C)C(C)(C)OC=O)cc3o2)c(CC)c1. The van der Waals surface area contributed by atoms with Gasteiger partial charge in [-0.05, 0) is 76.3 Å². The first-order valence-corrected chi connectivity index (χ1v) is 11.7. The molecule has 0 atom stereocenters. The number of fused-ring (bicyclic) bond motifs is 1. The normalized spacial score (nSPS) is 12.2. The van der Waals surface area contributed by atoms with Crippen molar-refractivity contribution in [3.63, 3.8) is 0 Å². The van der Waals surface area contributed by atoms with Gasteiger partial charge in [0.25, 0.3) is 6.47 Å². The highest BCUT2D eigenvalue weighted by atomic mass is 16.6. The van der Waals surface area contributed by atoms with Crippen LogP contribution in [0.4, 0.5) is 0 Å². The van der Waals surface area contributed by atoms with Gasteiger partial charge in [-0.1, -0.05) is 44.9 Å². The number of carbonyl (C=O) groups excluding carboxylic acids is 1. The smallest absolute Gasteiger partial charge is 0.293 e. The molecule has 0 amide bonds. The molecule has 0 spiro atoms. The van der Waals surface area contributed by atoms with Crippen LogP contribution in [0.5, 0.6) is 5.75 Å². The number of aryl methyl sites for hydroxylation is 2. The number of furan rings is 1. The van der Waals surface area contributed by atoms with Gasteiger partial charge in [0.2, 0.25) is 0 Å². The lowest BCUT2D eigenvalue weighted by atomic mass is 9.89. The second kappa shape index (κ2) is 9.81. The summed E-state index contributed by atoms with van der Waals surface area (Å²) in [6, 6.07) is 14.7. The van der Waals surface area contributed by atoms with Crippen molar-refractivity contribution in [1.29, 1.82) is 0 Å². The quantitative estimate of drug-likeness (QED) is 0.231. The minimum Gasteiger partial charge on any atom is -0.484 e. The monoisotopic (exact) mass is 436 g/mol. The molecule has 0 aliphatic heterocycles. The fourth-order valence-corrected chi connectivity index (χ4v) is 3.80. The lowest BCUT2D eigenvalue weighted by molar-refractivity contribution is -0.161. The molecule has 2 aromatic carbocycles. The molecular formula is C28H36O4. The van der Waals surface area contributed by atoms with Crippen molar-refractivity contribution in [2.24, 2.45) is 0 Å². The molecule has 0 saturated carbocycles. The third-order valence-corrected chi connectivity index (χ3v) is 6.54. The Morgan fingerprint density at radius 2 is 1.72 bits per heavy atom. The minimum atomic E-state index is -0.785. The molecule has 0 unspecified atom stereocenters. The highest BCUT2D eigenvalue weighted by Gasteiger charge is 2.41. The first kappa shape index (κ1) is 23.9. The molecule has 0 N–H and O–H groups in total. The Labute approximate surface area is 191 Å². The number of carbonyl (C=O) groups is 1. The third kappa shape index (κ3) is 5.17. The Morgan fingerprint density at radius 3 is 2.41 bits per heavy atom. The molecule has 3 rings (SSSR count). The summed E-state index contributed by atoms with van der Waals surface area (Å²) in [7, 11) is 0. The molecule has 1 aromatic heterocycles. The lowest BCUT2D eigenvalue weighted by Crippen LogP contribution is -2.51.